The summed E-state index contributed by atoms with van der Waals surface area (Å²) in [5.41, 5.74) is 0. The zero-order valence-corrected chi connectivity index (χ0v) is 20.5. The molecule has 0 radical (unpaired) electrons. The zero-order valence-electron chi connectivity index (χ0n) is 20.5. The Morgan fingerprint density at radius 2 is 0.688 bits per heavy atom. The third kappa shape index (κ3) is 14.7. The molecule has 0 saturated heterocycles. The Morgan fingerprint density at radius 3 is 0.875 bits per heavy atom. The molecule has 0 aromatic heterocycles. The molecule has 4 N–H and O–H groups in total. The molecule has 194 valence electrons. The van der Waals surface area contributed by atoms with Crippen LogP contribution in [0.15, 0.2) is 0 Å². The first-order valence-corrected chi connectivity index (χ1v) is 11.7. The van der Waals surface area contributed by atoms with E-state index in [2.05, 4.69) is 37.5 Å². The summed E-state index contributed by atoms with van der Waals surface area (Å²) in [6.45, 7) is 13.0. The van der Waals surface area contributed by atoms with Crippen LogP contribution in [0.1, 0.15) is 27.7 Å². The molecule has 0 fully saturated rings. The molecule has 0 spiro atoms. The Bertz CT molecular complexity index is 340. The highest BCUT2D eigenvalue weighted by atomic mass is 16.5. The SMILES string of the molecule is CC(COCCO)N(CCN(C(C)COCCO)C(C)COCCO)C(C)COCCO. The van der Waals surface area contributed by atoms with Crippen LogP contribution in [-0.4, -0.2) is 147 Å². The third-order valence-electron chi connectivity index (χ3n) is 5.26. The van der Waals surface area contributed by atoms with Gasteiger partial charge in [0.15, 0.2) is 0 Å². The lowest BCUT2D eigenvalue weighted by molar-refractivity contribution is -0.0222. The maximum Gasteiger partial charge on any atom is 0.0698 e. The fourth-order valence-corrected chi connectivity index (χ4v) is 3.64. The van der Waals surface area contributed by atoms with Crippen LogP contribution in [0.3, 0.4) is 0 Å². The largest absolute Gasteiger partial charge is 0.394 e. The monoisotopic (exact) mass is 468 g/mol. The molecule has 0 bridgehead atoms. The minimum atomic E-state index is -0.00757. The van der Waals surface area contributed by atoms with Crippen molar-refractivity contribution in [3.63, 3.8) is 0 Å². The average Bonchev–Trinajstić information content (AvgIpc) is 2.77. The van der Waals surface area contributed by atoms with E-state index in [1.807, 2.05) is 0 Å². The normalized spacial score (nSPS) is 15.9. The van der Waals surface area contributed by atoms with Crippen molar-refractivity contribution < 1.29 is 39.4 Å². The predicted octanol–water partition coefficient (Wildman–Crippen LogP) is -0.820. The Balaban J connectivity index is 5.14. The van der Waals surface area contributed by atoms with Gasteiger partial charge in [-0.25, -0.2) is 0 Å². The summed E-state index contributed by atoms with van der Waals surface area (Å²) in [5, 5.41) is 36.0. The molecule has 0 aliphatic carbocycles. The lowest BCUT2D eigenvalue weighted by atomic mass is 10.1. The van der Waals surface area contributed by atoms with Gasteiger partial charge >= 0.3 is 0 Å². The number of rotatable bonds is 23. The van der Waals surface area contributed by atoms with E-state index in [1.54, 1.807) is 0 Å². The fraction of sp³-hybridized carbons (Fsp3) is 1.00. The fourth-order valence-electron chi connectivity index (χ4n) is 3.64. The molecule has 32 heavy (non-hydrogen) atoms. The highest BCUT2D eigenvalue weighted by Crippen LogP contribution is 2.12. The average molecular weight is 469 g/mol. The van der Waals surface area contributed by atoms with Gasteiger partial charge in [-0.15, -0.1) is 0 Å². The summed E-state index contributed by atoms with van der Waals surface area (Å²) in [6.07, 6.45) is 0. The highest BCUT2D eigenvalue weighted by Gasteiger charge is 2.25. The highest BCUT2D eigenvalue weighted by molar-refractivity contribution is 4.79. The van der Waals surface area contributed by atoms with Gasteiger partial charge in [0.05, 0.1) is 79.3 Å². The summed E-state index contributed by atoms with van der Waals surface area (Å²) >= 11 is 0. The first-order chi connectivity index (χ1) is 15.4. The maximum absolute atomic E-state index is 9.00. The van der Waals surface area contributed by atoms with Gasteiger partial charge in [-0.3, -0.25) is 9.80 Å². The predicted molar refractivity (Wildman–Crippen MR) is 123 cm³/mol. The van der Waals surface area contributed by atoms with E-state index >= 15 is 0 Å². The molecule has 10 nitrogen and oxygen atoms in total. The summed E-state index contributed by atoms with van der Waals surface area (Å²) < 4.78 is 22.2. The standard InChI is InChI=1S/C22H48N2O8/c1-19(15-29-11-7-25)23(20(2)16-30-12-8-26)5-6-24(21(3)17-31-13-9-27)22(4)18-32-14-10-28/h19-22,25-28H,5-18H2,1-4H3. The molecule has 0 aliphatic rings. The molecular weight excluding hydrogens is 420 g/mol. The van der Waals surface area contributed by atoms with Crippen LogP contribution < -0.4 is 0 Å². The van der Waals surface area contributed by atoms with Crippen molar-refractivity contribution in [3.05, 3.63) is 0 Å². The van der Waals surface area contributed by atoms with Crippen LogP contribution >= 0.6 is 0 Å². The minimum absolute atomic E-state index is 0.00757. The topological polar surface area (TPSA) is 124 Å². The van der Waals surface area contributed by atoms with Crippen LogP contribution in [-0.2, 0) is 18.9 Å². The molecule has 0 aromatic rings. The van der Waals surface area contributed by atoms with Crippen LogP contribution in [0, 0.1) is 0 Å². The number of nitrogens with zero attached hydrogens (tertiary/aromatic N) is 2. The second-order valence-corrected chi connectivity index (χ2v) is 8.07. The van der Waals surface area contributed by atoms with Gasteiger partial charge in [-0.05, 0) is 27.7 Å². The van der Waals surface area contributed by atoms with Crippen molar-refractivity contribution in [2.45, 2.75) is 51.9 Å². The Hall–Kier alpha value is -0.400. The Morgan fingerprint density at radius 1 is 0.469 bits per heavy atom. The summed E-state index contributed by atoms with van der Waals surface area (Å²) in [7, 11) is 0. The first kappa shape index (κ1) is 31.6. The number of hydrogen-bond acceptors (Lipinski definition) is 10. The third-order valence-corrected chi connectivity index (χ3v) is 5.26. The molecular formula is C22H48N2O8. The van der Waals surface area contributed by atoms with E-state index in [0.717, 1.165) is 13.1 Å². The van der Waals surface area contributed by atoms with E-state index in [4.69, 9.17) is 39.4 Å². The number of aliphatic hydroxyl groups is 4. The van der Waals surface area contributed by atoms with Crippen molar-refractivity contribution in [1.82, 2.24) is 9.80 Å². The van der Waals surface area contributed by atoms with E-state index in [1.165, 1.54) is 0 Å². The smallest absolute Gasteiger partial charge is 0.0698 e. The van der Waals surface area contributed by atoms with Crippen molar-refractivity contribution in [1.29, 1.82) is 0 Å². The molecule has 0 amide bonds. The molecule has 0 heterocycles. The molecule has 0 aliphatic heterocycles. The molecule has 4 atom stereocenters. The van der Waals surface area contributed by atoms with E-state index < -0.39 is 0 Å². The zero-order chi connectivity index (χ0) is 24.2. The van der Waals surface area contributed by atoms with E-state index in [0.29, 0.717) is 52.9 Å². The molecule has 4 unspecified atom stereocenters. The first-order valence-electron chi connectivity index (χ1n) is 11.7. The molecule has 0 rings (SSSR count). The maximum atomic E-state index is 9.00. The van der Waals surface area contributed by atoms with Gasteiger partial charge in [0.2, 0.25) is 0 Å². The lowest BCUT2D eigenvalue weighted by Gasteiger charge is -2.39. The molecule has 0 aromatic carbocycles. The number of aliphatic hydroxyl groups excluding tert-OH is 4. The molecule has 0 saturated carbocycles. The van der Waals surface area contributed by atoms with Crippen molar-refractivity contribution in [3.8, 4) is 0 Å². The minimum Gasteiger partial charge on any atom is -0.394 e. The van der Waals surface area contributed by atoms with Crippen LogP contribution in [0.5, 0.6) is 0 Å². The van der Waals surface area contributed by atoms with E-state index in [-0.39, 0.29) is 50.6 Å². The number of ether oxygens (including phenoxy) is 4. The van der Waals surface area contributed by atoms with Gasteiger partial charge in [0.1, 0.15) is 0 Å². The van der Waals surface area contributed by atoms with Crippen LogP contribution in [0.2, 0.25) is 0 Å². The summed E-state index contributed by atoms with van der Waals surface area (Å²) in [5.74, 6) is 0. The van der Waals surface area contributed by atoms with Gasteiger partial charge in [-0.2, -0.15) is 0 Å². The van der Waals surface area contributed by atoms with Crippen molar-refractivity contribution >= 4 is 0 Å². The Kier molecular flexibility index (Phi) is 20.9. The van der Waals surface area contributed by atoms with Gasteiger partial charge in [0, 0.05) is 37.3 Å². The van der Waals surface area contributed by atoms with Crippen molar-refractivity contribution in [2.24, 2.45) is 0 Å². The quantitative estimate of drug-likeness (QED) is 0.141. The van der Waals surface area contributed by atoms with Crippen LogP contribution in [0.4, 0.5) is 0 Å². The molecule has 10 heteroatoms. The van der Waals surface area contributed by atoms with Crippen molar-refractivity contribution in [2.75, 3.05) is 92.4 Å². The second kappa shape index (κ2) is 21.2. The second-order valence-electron chi connectivity index (χ2n) is 8.07. The van der Waals surface area contributed by atoms with Crippen LogP contribution in [0.25, 0.3) is 0 Å². The summed E-state index contributed by atoms with van der Waals surface area (Å²) in [6, 6.07) is 0.437. The number of hydrogen-bond donors (Lipinski definition) is 4. The summed E-state index contributed by atoms with van der Waals surface area (Å²) in [4.78, 5) is 4.62. The lowest BCUT2D eigenvalue weighted by Crippen LogP contribution is -2.52. The van der Waals surface area contributed by atoms with Gasteiger partial charge in [-0.1, -0.05) is 0 Å². The van der Waals surface area contributed by atoms with Gasteiger partial charge in [0.25, 0.3) is 0 Å². The van der Waals surface area contributed by atoms with E-state index in [9.17, 15) is 0 Å². The Labute approximate surface area is 194 Å². The van der Waals surface area contributed by atoms with Gasteiger partial charge < -0.3 is 39.4 Å².